The number of nitrogens with zero attached hydrogens (tertiary/aromatic N) is 5. The fourth-order valence-electron chi connectivity index (χ4n) is 3.75. The highest BCUT2D eigenvalue weighted by Gasteiger charge is 2.29. The summed E-state index contributed by atoms with van der Waals surface area (Å²) in [7, 11) is 2.03. The first-order valence-electron chi connectivity index (χ1n) is 8.76. The fourth-order valence-corrected chi connectivity index (χ4v) is 3.75. The average Bonchev–Trinajstić information content (AvgIpc) is 3.16. The van der Waals surface area contributed by atoms with Crippen LogP contribution in [0.4, 0.5) is 0 Å². The number of rotatable bonds is 2. The zero-order chi connectivity index (χ0) is 17.6. The Labute approximate surface area is 147 Å². The molecule has 0 spiro atoms. The summed E-state index contributed by atoms with van der Waals surface area (Å²) in [4.78, 5) is 24.0. The van der Waals surface area contributed by atoms with Gasteiger partial charge in [0.05, 0.1) is 5.69 Å². The van der Waals surface area contributed by atoms with Crippen molar-refractivity contribution >= 4 is 11.6 Å². The summed E-state index contributed by atoms with van der Waals surface area (Å²) in [6.07, 6.45) is 7.93. The van der Waals surface area contributed by atoms with E-state index in [0.717, 1.165) is 42.1 Å². The summed E-state index contributed by atoms with van der Waals surface area (Å²) < 4.78 is 4.01. The number of aromatic nitrogens is 4. The second-order valence-corrected chi connectivity index (χ2v) is 7.04. The number of aryl methyl sites for hydroxylation is 3. The van der Waals surface area contributed by atoms with E-state index >= 15 is 0 Å². The molecule has 1 fully saturated rings. The molecule has 0 bridgehead atoms. The van der Waals surface area contributed by atoms with E-state index in [1.165, 1.54) is 0 Å². The minimum Gasteiger partial charge on any atom is -0.337 e. The average molecular weight is 337 g/mol. The Morgan fingerprint density at radius 3 is 2.76 bits per heavy atom. The van der Waals surface area contributed by atoms with Gasteiger partial charge in [0.15, 0.2) is 0 Å². The van der Waals surface area contributed by atoms with Gasteiger partial charge >= 0.3 is 0 Å². The van der Waals surface area contributed by atoms with Crippen LogP contribution in [0, 0.1) is 13.8 Å². The molecule has 25 heavy (non-hydrogen) atoms. The van der Waals surface area contributed by atoms with Gasteiger partial charge in [0.2, 0.25) is 0 Å². The normalized spacial score (nSPS) is 18.0. The van der Waals surface area contributed by atoms with Crippen molar-refractivity contribution in [2.24, 2.45) is 7.05 Å². The highest BCUT2D eigenvalue weighted by Crippen LogP contribution is 2.27. The van der Waals surface area contributed by atoms with Crippen molar-refractivity contribution in [1.82, 2.24) is 23.8 Å². The van der Waals surface area contributed by atoms with Gasteiger partial charge in [-0.15, -0.1) is 0 Å². The lowest BCUT2D eigenvalue weighted by Gasteiger charge is -2.32. The summed E-state index contributed by atoms with van der Waals surface area (Å²) in [6, 6.07) is 3.96. The maximum Gasteiger partial charge on any atom is 0.274 e. The predicted molar refractivity (Wildman–Crippen MR) is 95.8 cm³/mol. The highest BCUT2D eigenvalue weighted by atomic mass is 16.2. The monoisotopic (exact) mass is 337 g/mol. The Morgan fingerprint density at radius 2 is 2.00 bits per heavy atom. The number of fused-ring (bicyclic) bond motifs is 1. The number of imidazole rings is 2. The van der Waals surface area contributed by atoms with E-state index in [4.69, 9.17) is 0 Å². The molecule has 1 saturated heterocycles. The van der Waals surface area contributed by atoms with Gasteiger partial charge in [-0.05, 0) is 38.3 Å². The molecular weight excluding hydrogens is 314 g/mol. The number of hydrogen-bond acceptors (Lipinski definition) is 3. The van der Waals surface area contributed by atoms with Crippen molar-refractivity contribution in [3.63, 3.8) is 0 Å². The fraction of sp³-hybridized carbons (Fsp3) is 0.421. The van der Waals surface area contributed by atoms with Crippen LogP contribution < -0.4 is 0 Å². The molecule has 1 atom stereocenters. The zero-order valence-electron chi connectivity index (χ0n) is 14.9. The first-order chi connectivity index (χ1) is 12.0. The number of piperidine rings is 1. The lowest BCUT2D eigenvalue weighted by Crippen LogP contribution is -2.39. The van der Waals surface area contributed by atoms with Crippen molar-refractivity contribution in [2.45, 2.75) is 32.6 Å². The van der Waals surface area contributed by atoms with Crippen LogP contribution in [0.25, 0.3) is 5.65 Å². The molecule has 0 unspecified atom stereocenters. The molecule has 1 amide bonds. The minimum atomic E-state index is 0.0111. The van der Waals surface area contributed by atoms with Gasteiger partial charge in [-0.3, -0.25) is 4.79 Å². The molecule has 0 saturated carbocycles. The van der Waals surface area contributed by atoms with E-state index < -0.39 is 0 Å². The van der Waals surface area contributed by atoms with Crippen LogP contribution in [-0.2, 0) is 7.05 Å². The molecule has 1 aliphatic rings. The van der Waals surface area contributed by atoms with Crippen LogP contribution in [0.3, 0.4) is 0 Å². The topological polar surface area (TPSA) is 55.4 Å². The van der Waals surface area contributed by atoms with Crippen LogP contribution in [0.5, 0.6) is 0 Å². The number of hydrogen-bond donors (Lipinski definition) is 0. The summed E-state index contributed by atoms with van der Waals surface area (Å²) in [5.41, 5.74) is 3.49. The predicted octanol–water partition coefficient (Wildman–Crippen LogP) is 2.70. The van der Waals surface area contributed by atoms with E-state index in [9.17, 15) is 4.79 Å². The van der Waals surface area contributed by atoms with Crippen LogP contribution in [0.1, 0.15) is 46.3 Å². The zero-order valence-corrected chi connectivity index (χ0v) is 14.9. The first kappa shape index (κ1) is 15.9. The molecule has 6 nitrogen and oxygen atoms in total. The van der Waals surface area contributed by atoms with Gasteiger partial charge in [-0.25, -0.2) is 9.97 Å². The summed E-state index contributed by atoms with van der Waals surface area (Å²) in [5, 5.41) is 0. The molecule has 130 valence electrons. The lowest BCUT2D eigenvalue weighted by atomic mass is 9.97. The Kier molecular flexibility index (Phi) is 3.82. The van der Waals surface area contributed by atoms with Gasteiger partial charge in [-0.2, -0.15) is 0 Å². The van der Waals surface area contributed by atoms with E-state index in [2.05, 4.69) is 14.5 Å². The Bertz CT molecular complexity index is 939. The van der Waals surface area contributed by atoms with Crippen LogP contribution >= 0.6 is 0 Å². The van der Waals surface area contributed by atoms with Crippen molar-refractivity contribution in [3.8, 4) is 0 Å². The molecule has 0 radical (unpaired) electrons. The summed E-state index contributed by atoms with van der Waals surface area (Å²) >= 11 is 0. The van der Waals surface area contributed by atoms with Crippen molar-refractivity contribution in [2.75, 3.05) is 13.1 Å². The quantitative estimate of drug-likeness (QED) is 0.722. The van der Waals surface area contributed by atoms with Gasteiger partial charge in [0.25, 0.3) is 5.91 Å². The van der Waals surface area contributed by atoms with Gasteiger partial charge < -0.3 is 13.9 Å². The molecule has 3 aromatic heterocycles. The SMILES string of the molecule is Cc1ccc2nc(C(=O)N3CCC[C@@H](c4nc(C)cn4C)C3)cn2c1. The van der Waals surface area contributed by atoms with Gasteiger partial charge in [0, 0.05) is 44.6 Å². The second-order valence-electron chi connectivity index (χ2n) is 7.04. The molecule has 3 aromatic rings. The molecular formula is C19H23N5O. The lowest BCUT2D eigenvalue weighted by molar-refractivity contribution is 0.0698. The van der Waals surface area contributed by atoms with Crippen LogP contribution in [0.2, 0.25) is 0 Å². The molecule has 4 rings (SSSR count). The molecule has 0 N–H and O–H groups in total. The maximum absolute atomic E-state index is 12.9. The van der Waals surface area contributed by atoms with Crippen molar-refractivity contribution in [3.05, 3.63) is 53.5 Å². The standard InChI is InChI=1S/C19H23N5O/c1-13-6-7-17-21-16(12-24(17)9-13)19(25)23-8-4-5-15(11-23)18-20-14(2)10-22(18)3/h6-7,9-10,12,15H,4-5,8,11H2,1-3H3/t15-/m1/s1. The minimum absolute atomic E-state index is 0.0111. The Morgan fingerprint density at radius 1 is 1.16 bits per heavy atom. The summed E-state index contributed by atoms with van der Waals surface area (Å²) in [6.45, 7) is 5.53. The summed E-state index contributed by atoms with van der Waals surface area (Å²) in [5.74, 6) is 1.37. The number of carbonyl (C=O) groups is 1. The second kappa shape index (κ2) is 6.02. The third kappa shape index (κ3) is 2.92. The third-order valence-corrected chi connectivity index (χ3v) is 4.92. The number of pyridine rings is 1. The molecule has 0 aromatic carbocycles. The number of amides is 1. The third-order valence-electron chi connectivity index (χ3n) is 4.92. The van der Waals surface area contributed by atoms with Crippen molar-refractivity contribution < 1.29 is 4.79 Å². The highest BCUT2D eigenvalue weighted by molar-refractivity contribution is 5.93. The van der Waals surface area contributed by atoms with Gasteiger partial charge in [0.1, 0.15) is 17.2 Å². The maximum atomic E-state index is 12.9. The van der Waals surface area contributed by atoms with Crippen LogP contribution in [-0.4, -0.2) is 42.8 Å². The molecule has 6 heteroatoms. The smallest absolute Gasteiger partial charge is 0.274 e. The molecule has 4 heterocycles. The molecule has 0 aliphatic carbocycles. The number of carbonyl (C=O) groups excluding carboxylic acids is 1. The first-order valence-corrected chi connectivity index (χ1v) is 8.76. The Hall–Kier alpha value is -2.63. The van der Waals surface area contributed by atoms with Crippen molar-refractivity contribution in [1.29, 1.82) is 0 Å². The molecule has 1 aliphatic heterocycles. The van der Waals surface area contributed by atoms with Gasteiger partial charge in [-0.1, -0.05) is 6.07 Å². The van der Waals surface area contributed by atoms with E-state index in [1.54, 1.807) is 0 Å². The van der Waals surface area contributed by atoms with E-state index in [0.29, 0.717) is 12.2 Å². The number of likely N-dealkylation sites (tertiary alicyclic amines) is 1. The Balaban J connectivity index is 1.57. The van der Waals surface area contributed by atoms with E-state index in [-0.39, 0.29) is 11.8 Å². The van der Waals surface area contributed by atoms with Crippen LogP contribution in [0.15, 0.2) is 30.7 Å². The van der Waals surface area contributed by atoms with E-state index in [1.807, 2.05) is 60.9 Å². The largest absolute Gasteiger partial charge is 0.337 e.